The Morgan fingerprint density at radius 3 is 2.24 bits per heavy atom. The first-order valence-corrected chi connectivity index (χ1v) is 5.31. The van der Waals surface area contributed by atoms with Gasteiger partial charge in [-0.05, 0) is 17.7 Å². The molecule has 2 heteroatoms. The minimum atomic E-state index is 0.195. The lowest BCUT2D eigenvalue weighted by atomic mass is 10.0. The molecule has 0 N–H and O–H groups in total. The lowest BCUT2D eigenvalue weighted by Gasteiger charge is -2.02. The molecule has 0 radical (unpaired) electrons. The minimum absolute atomic E-state index is 0.195. The third kappa shape index (κ3) is 2.51. The summed E-state index contributed by atoms with van der Waals surface area (Å²) in [5.74, 6) is 0.195. The molecule has 0 saturated heterocycles. The molecule has 0 aromatic heterocycles. The number of benzene rings is 1. The smallest absolute Gasteiger partial charge is 0.0994 e. The van der Waals surface area contributed by atoms with Crippen molar-refractivity contribution >= 4 is 5.57 Å². The van der Waals surface area contributed by atoms with E-state index < -0.39 is 0 Å². The normalized spacial score (nSPS) is 14.6. The summed E-state index contributed by atoms with van der Waals surface area (Å²) < 4.78 is 0. The van der Waals surface area contributed by atoms with Gasteiger partial charge in [0.1, 0.15) is 0 Å². The van der Waals surface area contributed by atoms with Gasteiger partial charge in [0.05, 0.1) is 23.3 Å². The van der Waals surface area contributed by atoms with Crippen molar-refractivity contribution in [2.24, 2.45) is 5.92 Å². The second kappa shape index (κ2) is 4.96. The van der Waals surface area contributed by atoms with Crippen LogP contribution in [0.5, 0.6) is 0 Å². The minimum Gasteiger partial charge on any atom is -0.192 e. The molecule has 0 saturated carbocycles. The van der Waals surface area contributed by atoms with E-state index in [4.69, 9.17) is 10.5 Å². The Morgan fingerprint density at radius 1 is 1.06 bits per heavy atom. The summed E-state index contributed by atoms with van der Waals surface area (Å²) in [7, 11) is 0. The van der Waals surface area contributed by atoms with Crippen LogP contribution in [0.25, 0.3) is 5.57 Å². The SMILES string of the molecule is N#CC(=CC1C=CC=C1)c1ccc(C#N)cc1. The molecule has 1 aromatic rings. The van der Waals surface area contributed by atoms with Crippen molar-refractivity contribution in [1.82, 2.24) is 0 Å². The van der Waals surface area contributed by atoms with Gasteiger partial charge in [-0.2, -0.15) is 10.5 Å². The maximum absolute atomic E-state index is 9.13. The van der Waals surface area contributed by atoms with Crippen molar-refractivity contribution < 1.29 is 0 Å². The van der Waals surface area contributed by atoms with Crippen LogP contribution in [0.2, 0.25) is 0 Å². The molecule has 0 fully saturated rings. The zero-order chi connectivity index (χ0) is 12.1. The number of nitriles is 2. The van der Waals surface area contributed by atoms with Gasteiger partial charge in [-0.3, -0.25) is 0 Å². The van der Waals surface area contributed by atoms with Crippen LogP contribution in [-0.2, 0) is 0 Å². The van der Waals surface area contributed by atoms with Crippen LogP contribution in [-0.4, -0.2) is 0 Å². The van der Waals surface area contributed by atoms with Gasteiger partial charge in [0.25, 0.3) is 0 Å². The summed E-state index contributed by atoms with van der Waals surface area (Å²) in [6.07, 6.45) is 9.91. The van der Waals surface area contributed by atoms with Crippen molar-refractivity contribution in [3.63, 3.8) is 0 Å². The Morgan fingerprint density at radius 2 is 1.71 bits per heavy atom. The van der Waals surface area contributed by atoms with E-state index in [0.717, 1.165) is 5.56 Å². The molecule has 0 heterocycles. The molecule has 0 spiro atoms. The van der Waals surface area contributed by atoms with Crippen LogP contribution >= 0.6 is 0 Å². The molecule has 1 aliphatic carbocycles. The fourth-order valence-electron chi connectivity index (χ4n) is 1.67. The lowest BCUT2D eigenvalue weighted by molar-refractivity contribution is 1.10. The van der Waals surface area contributed by atoms with Crippen molar-refractivity contribution in [3.05, 3.63) is 65.8 Å². The Balaban J connectivity index is 2.30. The van der Waals surface area contributed by atoms with Gasteiger partial charge in [0, 0.05) is 5.92 Å². The molecule has 0 unspecified atom stereocenters. The van der Waals surface area contributed by atoms with E-state index >= 15 is 0 Å². The molecular formula is C15H10N2. The Labute approximate surface area is 100 Å². The van der Waals surface area contributed by atoms with Crippen LogP contribution in [0.4, 0.5) is 0 Å². The second-order valence-corrected chi connectivity index (χ2v) is 3.73. The summed E-state index contributed by atoms with van der Waals surface area (Å²) in [6.45, 7) is 0. The molecule has 0 amide bonds. The third-order valence-electron chi connectivity index (χ3n) is 2.58. The molecule has 1 aromatic carbocycles. The Kier molecular flexibility index (Phi) is 3.19. The number of hydrogen-bond donors (Lipinski definition) is 0. The zero-order valence-corrected chi connectivity index (χ0v) is 9.17. The summed E-state index contributed by atoms with van der Waals surface area (Å²) in [5.41, 5.74) is 2.09. The highest BCUT2D eigenvalue weighted by Gasteiger charge is 2.05. The standard InChI is InChI=1S/C15H10N2/c16-10-13-5-7-14(8-6-13)15(11-17)9-12-3-1-2-4-12/h1-9,12H. The van der Waals surface area contributed by atoms with E-state index in [-0.39, 0.29) is 5.92 Å². The molecule has 2 rings (SSSR count). The average molecular weight is 218 g/mol. The molecule has 80 valence electrons. The number of nitrogens with zero attached hydrogens (tertiary/aromatic N) is 2. The highest BCUT2D eigenvalue weighted by Crippen LogP contribution is 2.20. The first kappa shape index (κ1) is 10.9. The number of rotatable bonds is 2. The fraction of sp³-hybridized carbons (Fsp3) is 0.0667. The van der Waals surface area contributed by atoms with Gasteiger partial charge in [-0.15, -0.1) is 0 Å². The lowest BCUT2D eigenvalue weighted by Crippen LogP contribution is -1.88. The number of allylic oxidation sites excluding steroid dienone is 6. The van der Waals surface area contributed by atoms with Crippen LogP contribution in [0.1, 0.15) is 11.1 Å². The van der Waals surface area contributed by atoms with Crippen molar-refractivity contribution in [2.45, 2.75) is 0 Å². The van der Waals surface area contributed by atoms with Crippen LogP contribution in [0, 0.1) is 28.6 Å². The highest BCUT2D eigenvalue weighted by atomic mass is 14.3. The van der Waals surface area contributed by atoms with Crippen molar-refractivity contribution in [1.29, 1.82) is 10.5 Å². The van der Waals surface area contributed by atoms with E-state index in [2.05, 4.69) is 12.1 Å². The van der Waals surface area contributed by atoms with Crippen molar-refractivity contribution in [2.75, 3.05) is 0 Å². The fourth-order valence-corrected chi connectivity index (χ4v) is 1.67. The summed E-state index contributed by atoms with van der Waals surface area (Å²) in [6, 6.07) is 11.3. The van der Waals surface area contributed by atoms with E-state index in [1.165, 1.54) is 0 Å². The Hall–Kier alpha value is -2.58. The third-order valence-corrected chi connectivity index (χ3v) is 2.58. The highest BCUT2D eigenvalue weighted by molar-refractivity contribution is 5.77. The van der Waals surface area contributed by atoms with Gasteiger partial charge in [0.2, 0.25) is 0 Å². The van der Waals surface area contributed by atoms with E-state index in [9.17, 15) is 0 Å². The molecule has 0 aliphatic heterocycles. The molecule has 0 atom stereocenters. The van der Waals surface area contributed by atoms with E-state index in [0.29, 0.717) is 11.1 Å². The van der Waals surface area contributed by atoms with Crippen LogP contribution < -0.4 is 0 Å². The molecular weight excluding hydrogens is 208 g/mol. The molecule has 2 nitrogen and oxygen atoms in total. The van der Waals surface area contributed by atoms with Gasteiger partial charge in [0.15, 0.2) is 0 Å². The van der Waals surface area contributed by atoms with Gasteiger partial charge < -0.3 is 0 Å². The second-order valence-electron chi connectivity index (χ2n) is 3.73. The quantitative estimate of drug-likeness (QED) is 0.715. The maximum Gasteiger partial charge on any atom is 0.0994 e. The first-order chi connectivity index (χ1) is 8.33. The van der Waals surface area contributed by atoms with E-state index in [1.54, 1.807) is 24.3 Å². The number of hydrogen-bond acceptors (Lipinski definition) is 2. The van der Waals surface area contributed by atoms with Crippen LogP contribution in [0.15, 0.2) is 54.6 Å². The van der Waals surface area contributed by atoms with Gasteiger partial charge in [-0.25, -0.2) is 0 Å². The summed E-state index contributed by atoms with van der Waals surface area (Å²) in [5, 5.41) is 17.8. The summed E-state index contributed by atoms with van der Waals surface area (Å²) >= 11 is 0. The van der Waals surface area contributed by atoms with Gasteiger partial charge in [-0.1, -0.05) is 42.5 Å². The maximum atomic E-state index is 9.13. The Bertz CT molecular complexity index is 563. The van der Waals surface area contributed by atoms with Crippen LogP contribution in [0.3, 0.4) is 0 Å². The molecule has 0 bridgehead atoms. The van der Waals surface area contributed by atoms with E-state index in [1.807, 2.05) is 30.4 Å². The molecule has 1 aliphatic rings. The molecule has 17 heavy (non-hydrogen) atoms. The largest absolute Gasteiger partial charge is 0.192 e. The first-order valence-electron chi connectivity index (χ1n) is 5.31. The average Bonchev–Trinajstić information content (AvgIpc) is 2.89. The predicted molar refractivity (Wildman–Crippen MR) is 66.5 cm³/mol. The monoisotopic (exact) mass is 218 g/mol. The topological polar surface area (TPSA) is 47.6 Å². The predicted octanol–water partition coefficient (Wildman–Crippen LogP) is 3.21. The summed E-state index contributed by atoms with van der Waals surface area (Å²) in [4.78, 5) is 0. The van der Waals surface area contributed by atoms with Gasteiger partial charge >= 0.3 is 0 Å². The zero-order valence-electron chi connectivity index (χ0n) is 9.17. The van der Waals surface area contributed by atoms with Crippen molar-refractivity contribution in [3.8, 4) is 12.1 Å².